The van der Waals surface area contributed by atoms with Gasteiger partial charge in [0.05, 0.1) is 25.0 Å². The second kappa shape index (κ2) is 11.0. The number of carbonyl (C=O) groups is 1. The van der Waals surface area contributed by atoms with Crippen molar-refractivity contribution in [1.29, 1.82) is 0 Å². The van der Waals surface area contributed by atoms with E-state index in [-0.39, 0.29) is 40.7 Å². The van der Waals surface area contributed by atoms with Gasteiger partial charge in [0.15, 0.2) is 0 Å². The van der Waals surface area contributed by atoms with E-state index in [0.717, 1.165) is 0 Å². The lowest BCUT2D eigenvalue weighted by molar-refractivity contribution is -0.232. The summed E-state index contributed by atoms with van der Waals surface area (Å²) in [6, 6.07) is 6.16. The quantitative estimate of drug-likeness (QED) is 0.244. The molecule has 1 aliphatic carbocycles. The molecular formula is C27H33NO10. The summed E-state index contributed by atoms with van der Waals surface area (Å²) >= 11 is 0. The van der Waals surface area contributed by atoms with Crippen LogP contribution in [-0.4, -0.2) is 95.7 Å². The van der Waals surface area contributed by atoms with E-state index in [0.29, 0.717) is 16.7 Å². The molecule has 0 amide bonds. The summed E-state index contributed by atoms with van der Waals surface area (Å²) < 4.78 is 5.87. The number of benzene rings is 2. The first-order chi connectivity index (χ1) is 18.0. The smallest absolute Gasteiger partial charge is 0.328 e. The molecule has 0 aromatic heterocycles. The number of aliphatic carboxylic acids is 1. The average Bonchev–Trinajstić information content (AvgIpc) is 2.87. The molecule has 2 aromatic rings. The van der Waals surface area contributed by atoms with Gasteiger partial charge in [0.1, 0.15) is 42.0 Å². The van der Waals surface area contributed by atoms with Crippen LogP contribution in [0.5, 0.6) is 11.5 Å². The highest BCUT2D eigenvalue weighted by Gasteiger charge is 2.50. The Morgan fingerprint density at radius 1 is 0.974 bits per heavy atom. The third-order valence-corrected chi connectivity index (χ3v) is 7.13. The Balaban J connectivity index is 2.02. The maximum absolute atomic E-state index is 12.1. The summed E-state index contributed by atoms with van der Waals surface area (Å²) in [7, 11) is 0. The number of aliphatic hydroxyl groups excluding tert-OH is 5. The van der Waals surface area contributed by atoms with Crippen molar-refractivity contribution in [3.05, 3.63) is 58.1 Å². The lowest BCUT2D eigenvalue weighted by atomic mass is 9.71. The topological polar surface area (TPSA) is 200 Å². The minimum Gasteiger partial charge on any atom is -0.507 e. The molecule has 0 bridgehead atoms. The van der Waals surface area contributed by atoms with Gasteiger partial charge in [0.2, 0.25) is 0 Å². The van der Waals surface area contributed by atoms with Crippen molar-refractivity contribution in [3.63, 3.8) is 0 Å². The average molecular weight is 532 g/mol. The van der Waals surface area contributed by atoms with Crippen molar-refractivity contribution in [2.24, 2.45) is 10.9 Å². The number of nitrogens with zero attached hydrogens (tertiary/aromatic N) is 1. The zero-order valence-electron chi connectivity index (χ0n) is 21.0. The Hall–Kier alpha value is -3.06. The van der Waals surface area contributed by atoms with Crippen LogP contribution in [0.25, 0.3) is 0 Å². The number of aliphatic hydroxyl groups is 5. The predicted octanol–water partition coefficient (Wildman–Crippen LogP) is 0.214. The molecule has 11 heteroatoms. The molecule has 38 heavy (non-hydrogen) atoms. The van der Waals surface area contributed by atoms with Crippen molar-refractivity contribution in [2.75, 3.05) is 6.61 Å². The van der Waals surface area contributed by atoms with E-state index in [1.807, 2.05) is 13.8 Å². The van der Waals surface area contributed by atoms with E-state index in [1.54, 1.807) is 12.1 Å². The molecule has 11 nitrogen and oxygen atoms in total. The number of phenols is 2. The second-order valence-corrected chi connectivity index (χ2v) is 10.2. The number of fused-ring (bicyclic) bond motifs is 2. The molecule has 1 saturated heterocycles. The summed E-state index contributed by atoms with van der Waals surface area (Å²) in [6.45, 7) is 2.58. The number of rotatable bonds is 7. The van der Waals surface area contributed by atoms with E-state index in [9.17, 15) is 45.6 Å². The van der Waals surface area contributed by atoms with E-state index < -0.39 is 61.7 Å². The number of carboxylic acid groups (broad SMARTS) is 1. The van der Waals surface area contributed by atoms with Crippen molar-refractivity contribution >= 4 is 11.7 Å². The molecule has 1 fully saturated rings. The van der Waals surface area contributed by atoms with Gasteiger partial charge >= 0.3 is 5.97 Å². The monoisotopic (exact) mass is 531 g/mol. The van der Waals surface area contributed by atoms with Gasteiger partial charge in [-0.15, -0.1) is 0 Å². The fourth-order valence-corrected chi connectivity index (χ4v) is 5.37. The predicted molar refractivity (Wildman–Crippen MR) is 134 cm³/mol. The van der Waals surface area contributed by atoms with Crippen LogP contribution in [0.15, 0.2) is 35.3 Å². The minimum absolute atomic E-state index is 0.0176. The van der Waals surface area contributed by atoms with E-state index in [1.165, 1.54) is 18.2 Å². The minimum atomic E-state index is -1.68. The Labute approximate surface area is 218 Å². The summed E-state index contributed by atoms with van der Waals surface area (Å²) in [5, 5.41) is 83.3. The van der Waals surface area contributed by atoms with Gasteiger partial charge in [-0.2, -0.15) is 0 Å². The van der Waals surface area contributed by atoms with Crippen LogP contribution in [0.4, 0.5) is 0 Å². The van der Waals surface area contributed by atoms with E-state index in [2.05, 4.69) is 4.99 Å². The van der Waals surface area contributed by atoms with Gasteiger partial charge in [-0.3, -0.25) is 4.99 Å². The number of carboxylic acids is 1. The summed E-state index contributed by atoms with van der Waals surface area (Å²) in [6.07, 6.45) is -7.22. The standard InChI is InChI=1S/C27H33NO10/c1-11(2)6-15(27(36)37)28-22-20-13(4-3-5-16(20)31)19(14-7-12(9-29)8-17(32)21(14)22)26-25(35)24(34)23(33)18(10-30)38-26/h3-5,7-8,11,15,18-19,23-26,29-35H,6,9-10H2,1-2H3,(H,36,37)/t15-,18+,19?,23+,24-,25+,26-/m0/s1. The maximum Gasteiger partial charge on any atom is 0.328 e. The van der Waals surface area contributed by atoms with Crippen LogP contribution in [0.1, 0.15) is 54.0 Å². The Bertz CT molecular complexity index is 1230. The summed E-state index contributed by atoms with van der Waals surface area (Å²) in [5.41, 5.74) is 1.16. The lowest BCUT2D eigenvalue weighted by Crippen LogP contribution is -2.60. The second-order valence-electron chi connectivity index (χ2n) is 10.2. The van der Waals surface area contributed by atoms with Crippen LogP contribution >= 0.6 is 0 Å². The van der Waals surface area contributed by atoms with Gasteiger partial charge in [-0.1, -0.05) is 32.0 Å². The zero-order valence-corrected chi connectivity index (χ0v) is 21.0. The molecule has 4 rings (SSSR count). The number of phenolic OH excluding ortho intramolecular Hbond substituents is 2. The van der Waals surface area contributed by atoms with Crippen LogP contribution in [0.3, 0.4) is 0 Å². The fraction of sp³-hybridized carbons (Fsp3) is 0.481. The molecule has 2 aliphatic rings. The molecule has 2 aromatic carbocycles. The number of hydrogen-bond donors (Lipinski definition) is 8. The molecule has 1 heterocycles. The first kappa shape index (κ1) is 28.0. The summed E-state index contributed by atoms with van der Waals surface area (Å²) in [4.78, 5) is 16.6. The highest BCUT2D eigenvalue weighted by molar-refractivity contribution is 6.19. The van der Waals surface area contributed by atoms with Gasteiger partial charge in [0, 0.05) is 17.0 Å². The van der Waals surface area contributed by atoms with Crippen molar-refractivity contribution < 1.29 is 50.4 Å². The molecular weight excluding hydrogens is 498 g/mol. The number of aromatic hydroxyl groups is 2. The molecule has 8 N–H and O–H groups in total. The van der Waals surface area contributed by atoms with Crippen molar-refractivity contribution in [3.8, 4) is 11.5 Å². The number of hydrogen-bond acceptors (Lipinski definition) is 10. The first-order valence-corrected chi connectivity index (χ1v) is 12.4. The first-order valence-electron chi connectivity index (χ1n) is 12.4. The van der Waals surface area contributed by atoms with Crippen LogP contribution in [0.2, 0.25) is 0 Å². The lowest BCUT2D eigenvalue weighted by Gasteiger charge is -2.45. The molecule has 0 radical (unpaired) electrons. The van der Waals surface area contributed by atoms with Crippen LogP contribution in [-0.2, 0) is 16.1 Å². The highest BCUT2D eigenvalue weighted by Crippen LogP contribution is 2.48. The number of aliphatic imine (C=N–C) groups is 1. The molecule has 0 spiro atoms. The SMILES string of the molecule is CC(C)C[C@H](N=C1c2c(O)cccc2C([C@@H]2O[C@H](CO)[C@@H](O)[C@H](O)[C@H]2O)c2cc(CO)cc(O)c21)C(=O)O. The van der Waals surface area contributed by atoms with Gasteiger partial charge in [-0.05, 0) is 41.2 Å². The van der Waals surface area contributed by atoms with E-state index >= 15 is 0 Å². The third-order valence-electron chi connectivity index (χ3n) is 7.13. The van der Waals surface area contributed by atoms with E-state index in [4.69, 9.17) is 4.74 Å². The van der Waals surface area contributed by atoms with Crippen LogP contribution < -0.4 is 0 Å². The normalized spacial score (nSPS) is 28.7. The maximum atomic E-state index is 12.1. The fourth-order valence-electron chi connectivity index (χ4n) is 5.37. The van der Waals surface area contributed by atoms with Crippen molar-refractivity contribution in [1.82, 2.24) is 0 Å². The number of ether oxygens (including phenoxy) is 1. The Kier molecular flexibility index (Phi) is 8.07. The molecule has 206 valence electrons. The zero-order chi connectivity index (χ0) is 27.9. The van der Waals surface area contributed by atoms with Gasteiger partial charge in [0.25, 0.3) is 0 Å². The molecule has 7 atom stereocenters. The largest absolute Gasteiger partial charge is 0.507 e. The van der Waals surface area contributed by atoms with Gasteiger partial charge in [-0.25, -0.2) is 4.79 Å². The molecule has 0 saturated carbocycles. The molecule has 1 aliphatic heterocycles. The van der Waals surface area contributed by atoms with Crippen molar-refractivity contribution in [2.45, 2.75) is 69.4 Å². The Morgan fingerprint density at radius 3 is 2.26 bits per heavy atom. The Morgan fingerprint density at radius 2 is 1.66 bits per heavy atom. The van der Waals surface area contributed by atoms with Crippen LogP contribution in [0, 0.1) is 5.92 Å². The molecule has 1 unspecified atom stereocenters. The highest BCUT2D eigenvalue weighted by atomic mass is 16.5. The van der Waals surface area contributed by atoms with Gasteiger partial charge < -0.3 is 45.6 Å². The summed E-state index contributed by atoms with van der Waals surface area (Å²) in [5.74, 6) is -2.81. The third kappa shape index (κ3) is 4.89.